The van der Waals surface area contributed by atoms with Crippen LogP contribution in [0.3, 0.4) is 0 Å². The van der Waals surface area contributed by atoms with Crippen LogP contribution in [0.25, 0.3) is 0 Å². The standard InChI is InChI=1S/C19H15IN2O3/c20-9-3-1-8(2-4-9)16(23)21-22-17(24)13-10-5-6-11(14(13)18(22)25)19-7-12(19)15(10)19/h1-6,10-15H,7H2,(H,21,23)/t10?,11?,12-,13+,14-,15?,19-/m1/s1. The molecule has 7 atom stereocenters. The quantitative estimate of drug-likeness (QED) is 0.430. The Balaban J connectivity index is 1.29. The summed E-state index contributed by atoms with van der Waals surface area (Å²) in [6.45, 7) is 0. The molecule has 1 heterocycles. The second kappa shape index (κ2) is 4.34. The first kappa shape index (κ1) is 14.5. The van der Waals surface area contributed by atoms with Gasteiger partial charge < -0.3 is 0 Å². The molecule has 1 aromatic rings. The van der Waals surface area contributed by atoms with E-state index in [4.69, 9.17) is 0 Å². The number of benzene rings is 1. The molecule has 2 bridgehead atoms. The highest BCUT2D eigenvalue weighted by atomic mass is 127. The molecule has 6 heteroatoms. The maximum atomic E-state index is 12.9. The Morgan fingerprint density at radius 3 is 2.56 bits per heavy atom. The number of rotatable bonds is 2. The van der Waals surface area contributed by atoms with Crippen LogP contribution < -0.4 is 5.43 Å². The van der Waals surface area contributed by atoms with Gasteiger partial charge in [-0.25, -0.2) is 0 Å². The second-order valence-corrected chi connectivity index (χ2v) is 9.19. The highest BCUT2D eigenvalue weighted by molar-refractivity contribution is 14.1. The number of allylic oxidation sites excluding steroid dienone is 2. The van der Waals surface area contributed by atoms with E-state index in [1.807, 2.05) is 12.1 Å². The van der Waals surface area contributed by atoms with Crippen LogP contribution >= 0.6 is 22.6 Å². The maximum Gasteiger partial charge on any atom is 0.270 e. The molecule has 1 aliphatic heterocycles. The molecule has 1 aromatic carbocycles. The Kier molecular flexibility index (Phi) is 2.51. The monoisotopic (exact) mass is 446 g/mol. The number of amides is 3. The Morgan fingerprint density at radius 1 is 1.12 bits per heavy atom. The predicted octanol–water partition coefficient (Wildman–Crippen LogP) is 1.99. The topological polar surface area (TPSA) is 66.5 Å². The van der Waals surface area contributed by atoms with Gasteiger partial charge in [-0.1, -0.05) is 12.2 Å². The number of carbonyl (C=O) groups is 3. The molecule has 1 saturated heterocycles. The van der Waals surface area contributed by atoms with E-state index in [-0.39, 0.29) is 35.5 Å². The van der Waals surface area contributed by atoms with Crippen LogP contribution in [0.5, 0.6) is 0 Å². The molecule has 1 spiro atoms. The number of nitrogens with one attached hydrogen (secondary N) is 1. The van der Waals surface area contributed by atoms with E-state index in [1.54, 1.807) is 12.1 Å². The van der Waals surface area contributed by atoms with E-state index in [1.165, 1.54) is 6.42 Å². The summed E-state index contributed by atoms with van der Waals surface area (Å²) in [4.78, 5) is 38.3. The first-order valence-corrected chi connectivity index (χ1v) is 9.74. The van der Waals surface area contributed by atoms with Gasteiger partial charge in [0.1, 0.15) is 0 Å². The fraction of sp³-hybridized carbons (Fsp3) is 0.421. The predicted molar refractivity (Wildman–Crippen MR) is 95.6 cm³/mol. The molecule has 1 N–H and O–H groups in total. The zero-order chi connectivity index (χ0) is 17.1. The van der Waals surface area contributed by atoms with E-state index in [0.29, 0.717) is 16.9 Å². The van der Waals surface area contributed by atoms with Crippen LogP contribution in [-0.4, -0.2) is 22.7 Å². The van der Waals surface area contributed by atoms with Gasteiger partial charge in [0, 0.05) is 9.13 Å². The number of nitrogens with zero attached hydrogens (tertiary/aromatic N) is 1. The van der Waals surface area contributed by atoms with Crippen LogP contribution in [0, 0.1) is 44.5 Å². The summed E-state index contributed by atoms with van der Waals surface area (Å²) in [6, 6.07) is 7.05. The van der Waals surface area contributed by atoms with Crippen molar-refractivity contribution in [2.45, 2.75) is 6.42 Å². The highest BCUT2D eigenvalue weighted by Gasteiger charge is 2.88. The number of halogens is 1. The van der Waals surface area contributed by atoms with E-state index in [0.717, 1.165) is 14.5 Å². The number of hydrazine groups is 1. The van der Waals surface area contributed by atoms with Crippen molar-refractivity contribution in [3.05, 3.63) is 45.6 Å². The van der Waals surface area contributed by atoms with Gasteiger partial charge in [0.2, 0.25) is 0 Å². The minimum absolute atomic E-state index is 0.186. The lowest BCUT2D eigenvalue weighted by Crippen LogP contribution is -2.46. The van der Waals surface area contributed by atoms with Gasteiger partial charge in [-0.05, 0) is 82.4 Å². The maximum absolute atomic E-state index is 12.9. The molecule has 4 fully saturated rings. The lowest BCUT2D eigenvalue weighted by atomic mass is 9.58. The van der Waals surface area contributed by atoms with Crippen molar-refractivity contribution in [3.63, 3.8) is 0 Å². The van der Waals surface area contributed by atoms with Gasteiger partial charge in [-0.2, -0.15) is 5.01 Å². The fourth-order valence-corrected chi connectivity index (χ4v) is 6.31. The highest BCUT2D eigenvalue weighted by Crippen LogP contribution is 2.91. The number of hydrogen-bond acceptors (Lipinski definition) is 3. The molecular weight excluding hydrogens is 431 g/mol. The molecule has 7 rings (SSSR count). The molecule has 126 valence electrons. The SMILES string of the molecule is O=C(NN1C(=O)[C@@H]2C3C=CC(C4[C@H]5C[C@]345)[C@@H]2C1=O)c1ccc(I)cc1. The zero-order valence-corrected chi connectivity index (χ0v) is 15.3. The van der Waals surface area contributed by atoms with Gasteiger partial charge in [-0.3, -0.25) is 19.8 Å². The van der Waals surface area contributed by atoms with Crippen molar-refractivity contribution in [1.82, 2.24) is 10.4 Å². The van der Waals surface area contributed by atoms with Crippen molar-refractivity contribution < 1.29 is 14.4 Å². The summed E-state index contributed by atoms with van der Waals surface area (Å²) in [6.07, 6.45) is 5.54. The molecule has 25 heavy (non-hydrogen) atoms. The normalized spacial score (nSPS) is 44.3. The van der Waals surface area contributed by atoms with Crippen molar-refractivity contribution in [2.24, 2.45) is 40.9 Å². The summed E-state index contributed by atoms with van der Waals surface area (Å²) in [5.41, 5.74) is 3.33. The number of hydrogen-bond donors (Lipinski definition) is 1. The largest absolute Gasteiger partial charge is 0.272 e. The van der Waals surface area contributed by atoms with E-state index in [2.05, 4.69) is 40.2 Å². The molecule has 3 amide bonds. The first-order chi connectivity index (χ1) is 12.0. The molecular formula is C19H15IN2O3. The van der Waals surface area contributed by atoms with Gasteiger partial charge in [0.05, 0.1) is 11.8 Å². The van der Waals surface area contributed by atoms with Gasteiger partial charge in [0.25, 0.3) is 17.7 Å². The Labute approximate surface area is 157 Å². The van der Waals surface area contributed by atoms with Gasteiger partial charge >= 0.3 is 0 Å². The summed E-state index contributed by atoms with van der Waals surface area (Å²) in [5, 5.41) is 1.00. The average Bonchev–Trinajstić information content (AvgIpc) is 3.46. The molecule has 0 radical (unpaired) electrons. The van der Waals surface area contributed by atoms with E-state index < -0.39 is 5.91 Å². The van der Waals surface area contributed by atoms with Crippen LogP contribution in [-0.2, 0) is 9.59 Å². The molecule has 3 unspecified atom stereocenters. The van der Waals surface area contributed by atoms with Crippen molar-refractivity contribution in [1.29, 1.82) is 0 Å². The number of imide groups is 1. The molecule has 0 aromatic heterocycles. The Morgan fingerprint density at radius 2 is 1.84 bits per heavy atom. The summed E-state index contributed by atoms with van der Waals surface area (Å²) >= 11 is 2.16. The molecule has 5 aliphatic carbocycles. The minimum Gasteiger partial charge on any atom is -0.272 e. The van der Waals surface area contributed by atoms with Crippen LogP contribution in [0.2, 0.25) is 0 Å². The van der Waals surface area contributed by atoms with Crippen LogP contribution in [0.15, 0.2) is 36.4 Å². The molecule has 3 saturated carbocycles. The van der Waals surface area contributed by atoms with E-state index in [9.17, 15) is 14.4 Å². The number of carbonyl (C=O) groups excluding carboxylic acids is 3. The third kappa shape index (κ3) is 1.58. The van der Waals surface area contributed by atoms with Crippen molar-refractivity contribution >= 4 is 40.3 Å². The lowest BCUT2D eigenvalue weighted by Gasteiger charge is -2.42. The third-order valence-electron chi connectivity index (χ3n) is 7.14. The summed E-state index contributed by atoms with van der Waals surface area (Å²) in [7, 11) is 0. The van der Waals surface area contributed by atoms with Crippen LogP contribution in [0.4, 0.5) is 0 Å². The summed E-state index contributed by atoms with van der Waals surface area (Å²) in [5.74, 6) is 0.300. The van der Waals surface area contributed by atoms with Gasteiger partial charge in [-0.15, -0.1) is 0 Å². The first-order valence-electron chi connectivity index (χ1n) is 8.67. The van der Waals surface area contributed by atoms with E-state index >= 15 is 0 Å². The lowest BCUT2D eigenvalue weighted by molar-refractivity contribution is -0.143. The minimum atomic E-state index is -0.412. The summed E-state index contributed by atoms with van der Waals surface area (Å²) < 4.78 is 1.02. The van der Waals surface area contributed by atoms with Crippen molar-refractivity contribution in [3.8, 4) is 0 Å². The molecule has 6 aliphatic rings. The van der Waals surface area contributed by atoms with Crippen LogP contribution in [0.1, 0.15) is 16.8 Å². The Bertz CT molecular complexity index is 894. The smallest absolute Gasteiger partial charge is 0.270 e. The van der Waals surface area contributed by atoms with Gasteiger partial charge in [0.15, 0.2) is 0 Å². The Hall–Kier alpha value is -1.70. The second-order valence-electron chi connectivity index (χ2n) is 7.95. The van der Waals surface area contributed by atoms with Crippen molar-refractivity contribution in [2.75, 3.05) is 0 Å². The third-order valence-corrected chi connectivity index (χ3v) is 7.86. The average molecular weight is 446 g/mol. The molecule has 5 nitrogen and oxygen atoms in total. The zero-order valence-electron chi connectivity index (χ0n) is 13.2. The fourth-order valence-electron chi connectivity index (χ4n) is 5.95.